The number of nitrogens with two attached hydrogens (primary N) is 1. The quantitative estimate of drug-likeness (QED) is 0.726. The molecule has 1 aromatic carbocycles. The molecule has 2 aromatic rings. The fourth-order valence-corrected chi connectivity index (χ4v) is 1.68. The van der Waals surface area contributed by atoms with Gasteiger partial charge >= 0.3 is 0 Å². The largest absolute Gasteiger partial charge is 0.343 e. The molecule has 68 valence electrons. The van der Waals surface area contributed by atoms with Crippen LogP contribution in [0.5, 0.6) is 0 Å². The third kappa shape index (κ3) is 1.20. The Kier molecular flexibility index (Phi) is 1.98. The molecule has 0 unspecified atom stereocenters. The van der Waals surface area contributed by atoms with E-state index in [1.165, 1.54) is 6.07 Å². The number of halogens is 2. The number of hydrogen-bond acceptors (Lipinski definition) is 1. The maximum Gasteiger partial charge on any atom is 0.147 e. The van der Waals surface area contributed by atoms with Crippen LogP contribution in [0.25, 0.3) is 10.9 Å². The summed E-state index contributed by atoms with van der Waals surface area (Å²) >= 11 is 5.84. The molecule has 0 saturated heterocycles. The zero-order valence-electron chi connectivity index (χ0n) is 6.77. The molecular formula is C9H8ClFN2. The molecule has 0 aliphatic heterocycles. The normalized spacial score (nSPS) is 11.0. The van der Waals surface area contributed by atoms with Gasteiger partial charge in [-0.1, -0.05) is 23.7 Å². The van der Waals surface area contributed by atoms with E-state index in [4.69, 9.17) is 17.3 Å². The topological polar surface area (TPSA) is 41.8 Å². The number of rotatable bonds is 1. The van der Waals surface area contributed by atoms with Gasteiger partial charge in [0.15, 0.2) is 0 Å². The van der Waals surface area contributed by atoms with Gasteiger partial charge < -0.3 is 10.7 Å². The van der Waals surface area contributed by atoms with Gasteiger partial charge in [-0.05, 0) is 6.07 Å². The van der Waals surface area contributed by atoms with E-state index in [0.29, 0.717) is 17.2 Å². The van der Waals surface area contributed by atoms with Gasteiger partial charge in [0.2, 0.25) is 0 Å². The highest BCUT2D eigenvalue weighted by Gasteiger charge is 2.10. The molecule has 0 amide bonds. The van der Waals surface area contributed by atoms with Gasteiger partial charge in [-0.15, -0.1) is 0 Å². The molecule has 0 radical (unpaired) electrons. The van der Waals surface area contributed by atoms with Crippen LogP contribution < -0.4 is 5.73 Å². The van der Waals surface area contributed by atoms with Crippen LogP contribution in [0.15, 0.2) is 18.2 Å². The van der Waals surface area contributed by atoms with Crippen LogP contribution in [-0.2, 0) is 6.54 Å². The number of aromatic nitrogens is 1. The first-order valence-corrected chi connectivity index (χ1v) is 4.26. The van der Waals surface area contributed by atoms with E-state index in [1.807, 2.05) is 0 Å². The van der Waals surface area contributed by atoms with Gasteiger partial charge in [0.1, 0.15) is 11.0 Å². The number of H-pyrrole nitrogens is 1. The van der Waals surface area contributed by atoms with Gasteiger partial charge in [0.05, 0.1) is 5.52 Å². The molecule has 0 fully saturated rings. The van der Waals surface area contributed by atoms with Crippen LogP contribution in [0.4, 0.5) is 4.39 Å². The van der Waals surface area contributed by atoms with Crippen molar-refractivity contribution in [2.45, 2.75) is 6.54 Å². The maximum atomic E-state index is 13.2. The molecule has 2 rings (SSSR count). The standard InChI is InChI=1S/C9H8ClFN2/c10-9-6(4-12)5-2-1-3-7(11)8(5)13-9/h1-3,13H,4,12H2. The number of benzene rings is 1. The summed E-state index contributed by atoms with van der Waals surface area (Å²) in [4.78, 5) is 2.76. The first-order chi connectivity index (χ1) is 6.24. The third-order valence-electron chi connectivity index (χ3n) is 2.04. The molecule has 0 spiro atoms. The van der Waals surface area contributed by atoms with E-state index in [0.717, 1.165) is 10.9 Å². The molecule has 3 N–H and O–H groups in total. The Bertz CT molecular complexity index is 450. The molecule has 13 heavy (non-hydrogen) atoms. The zero-order chi connectivity index (χ0) is 9.42. The fraction of sp³-hybridized carbons (Fsp3) is 0.111. The Morgan fingerprint density at radius 1 is 1.46 bits per heavy atom. The Labute approximate surface area is 79.5 Å². The van der Waals surface area contributed by atoms with Crippen molar-refractivity contribution in [1.82, 2.24) is 4.98 Å². The highest BCUT2D eigenvalue weighted by Crippen LogP contribution is 2.26. The van der Waals surface area contributed by atoms with Crippen molar-refractivity contribution in [2.75, 3.05) is 0 Å². The van der Waals surface area contributed by atoms with Gasteiger partial charge in [-0.25, -0.2) is 4.39 Å². The lowest BCUT2D eigenvalue weighted by atomic mass is 10.2. The van der Waals surface area contributed by atoms with E-state index in [-0.39, 0.29) is 5.82 Å². The lowest BCUT2D eigenvalue weighted by Gasteiger charge is -1.93. The lowest BCUT2D eigenvalue weighted by Crippen LogP contribution is -1.95. The second-order valence-corrected chi connectivity index (χ2v) is 3.16. The van der Waals surface area contributed by atoms with Crippen molar-refractivity contribution in [2.24, 2.45) is 5.73 Å². The van der Waals surface area contributed by atoms with E-state index >= 15 is 0 Å². The van der Waals surface area contributed by atoms with Crippen LogP contribution in [0.1, 0.15) is 5.56 Å². The summed E-state index contributed by atoms with van der Waals surface area (Å²) in [6.45, 7) is 0.308. The number of aromatic amines is 1. The maximum absolute atomic E-state index is 13.2. The summed E-state index contributed by atoms with van der Waals surface area (Å²) in [5.74, 6) is -0.306. The van der Waals surface area contributed by atoms with Gasteiger partial charge in [0, 0.05) is 17.5 Å². The van der Waals surface area contributed by atoms with Gasteiger partial charge in [-0.2, -0.15) is 0 Å². The van der Waals surface area contributed by atoms with Crippen molar-refractivity contribution < 1.29 is 4.39 Å². The average Bonchev–Trinajstić information content (AvgIpc) is 2.43. The molecule has 4 heteroatoms. The van der Waals surface area contributed by atoms with E-state index < -0.39 is 0 Å². The van der Waals surface area contributed by atoms with Crippen molar-refractivity contribution in [3.05, 3.63) is 34.7 Å². The minimum Gasteiger partial charge on any atom is -0.343 e. The summed E-state index contributed by atoms with van der Waals surface area (Å²) < 4.78 is 13.2. The highest BCUT2D eigenvalue weighted by molar-refractivity contribution is 6.31. The molecule has 0 saturated carbocycles. The monoisotopic (exact) mass is 198 g/mol. The SMILES string of the molecule is NCc1c(Cl)[nH]c2c(F)cccc12. The molecule has 0 aliphatic carbocycles. The summed E-state index contributed by atoms with van der Waals surface area (Å²) in [5.41, 5.74) is 6.67. The summed E-state index contributed by atoms with van der Waals surface area (Å²) in [6.07, 6.45) is 0. The molecule has 1 heterocycles. The van der Waals surface area contributed by atoms with Gasteiger partial charge in [-0.3, -0.25) is 0 Å². The minimum absolute atomic E-state index is 0.306. The van der Waals surface area contributed by atoms with E-state index in [9.17, 15) is 4.39 Å². The van der Waals surface area contributed by atoms with Crippen molar-refractivity contribution in [3.8, 4) is 0 Å². The van der Waals surface area contributed by atoms with Gasteiger partial charge in [0.25, 0.3) is 0 Å². The smallest absolute Gasteiger partial charge is 0.147 e. The molecular weight excluding hydrogens is 191 g/mol. The molecule has 1 aromatic heterocycles. The average molecular weight is 199 g/mol. The Hall–Kier alpha value is -1.06. The first-order valence-electron chi connectivity index (χ1n) is 3.88. The predicted molar refractivity (Wildman–Crippen MR) is 51.2 cm³/mol. The predicted octanol–water partition coefficient (Wildman–Crippen LogP) is 2.42. The third-order valence-corrected chi connectivity index (χ3v) is 2.37. The number of fused-ring (bicyclic) bond motifs is 1. The molecule has 0 atom stereocenters. The first kappa shape index (κ1) is 8.53. The minimum atomic E-state index is -0.306. The summed E-state index contributed by atoms with van der Waals surface area (Å²) in [7, 11) is 0. The molecule has 0 bridgehead atoms. The van der Waals surface area contributed by atoms with Crippen LogP contribution >= 0.6 is 11.6 Å². The Balaban J connectivity index is 2.86. The van der Waals surface area contributed by atoms with Crippen LogP contribution in [-0.4, -0.2) is 4.98 Å². The summed E-state index contributed by atoms with van der Waals surface area (Å²) in [5, 5.41) is 1.18. The molecule has 2 nitrogen and oxygen atoms in total. The lowest BCUT2D eigenvalue weighted by molar-refractivity contribution is 0.637. The van der Waals surface area contributed by atoms with Crippen LogP contribution in [0.2, 0.25) is 5.15 Å². The van der Waals surface area contributed by atoms with E-state index in [2.05, 4.69) is 4.98 Å². The second-order valence-electron chi connectivity index (χ2n) is 2.78. The Morgan fingerprint density at radius 3 is 2.92 bits per heavy atom. The van der Waals surface area contributed by atoms with Crippen molar-refractivity contribution in [3.63, 3.8) is 0 Å². The zero-order valence-corrected chi connectivity index (χ0v) is 7.53. The van der Waals surface area contributed by atoms with Crippen molar-refractivity contribution in [1.29, 1.82) is 0 Å². The summed E-state index contributed by atoms with van der Waals surface area (Å²) in [6, 6.07) is 4.82. The molecule has 0 aliphatic rings. The van der Waals surface area contributed by atoms with Crippen molar-refractivity contribution >= 4 is 22.5 Å². The van der Waals surface area contributed by atoms with E-state index in [1.54, 1.807) is 12.1 Å². The number of para-hydroxylation sites is 1. The fourth-order valence-electron chi connectivity index (χ4n) is 1.41. The second kappa shape index (κ2) is 3.01. The number of hydrogen-bond donors (Lipinski definition) is 2. The Morgan fingerprint density at radius 2 is 2.23 bits per heavy atom. The highest BCUT2D eigenvalue weighted by atomic mass is 35.5. The van der Waals surface area contributed by atoms with Crippen LogP contribution in [0, 0.1) is 5.82 Å². The number of nitrogens with one attached hydrogen (secondary N) is 1. The van der Waals surface area contributed by atoms with Crippen LogP contribution in [0.3, 0.4) is 0 Å².